The summed E-state index contributed by atoms with van der Waals surface area (Å²) in [6.07, 6.45) is 3.88. The Morgan fingerprint density at radius 1 is 1.50 bits per heavy atom. The van der Waals surface area contributed by atoms with E-state index in [1.807, 2.05) is 6.92 Å². The van der Waals surface area contributed by atoms with Gasteiger partial charge in [0.2, 0.25) is 10.0 Å². The molecule has 1 N–H and O–H groups in total. The number of alkyl halides is 1. The normalized spacial score (nSPS) is 19.6. The van der Waals surface area contributed by atoms with Crippen LogP contribution in [0.3, 0.4) is 0 Å². The SMILES string of the molecule is CCC(CCBr)NS(=O)(=O)CC1CC1. The molecule has 84 valence electrons. The molecule has 1 fully saturated rings. The molecule has 0 aromatic rings. The van der Waals surface area contributed by atoms with Gasteiger partial charge in [0.25, 0.3) is 0 Å². The molecule has 14 heavy (non-hydrogen) atoms. The summed E-state index contributed by atoms with van der Waals surface area (Å²) in [5.74, 6) is 0.750. The Morgan fingerprint density at radius 2 is 2.14 bits per heavy atom. The monoisotopic (exact) mass is 283 g/mol. The summed E-state index contributed by atoms with van der Waals surface area (Å²) in [5.41, 5.74) is 0. The average molecular weight is 284 g/mol. The topological polar surface area (TPSA) is 46.2 Å². The maximum Gasteiger partial charge on any atom is 0.212 e. The molecule has 0 spiro atoms. The molecule has 1 aliphatic carbocycles. The molecule has 0 bridgehead atoms. The lowest BCUT2D eigenvalue weighted by atomic mass is 10.2. The zero-order valence-electron chi connectivity index (χ0n) is 8.50. The Bertz CT molecular complexity index is 262. The summed E-state index contributed by atoms with van der Waals surface area (Å²) in [7, 11) is -3.02. The zero-order valence-corrected chi connectivity index (χ0v) is 10.9. The molecule has 0 saturated heterocycles. The van der Waals surface area contributed by atoms with Crippen LogP contribution in [0.15, 0.2) is 0 Å². The Labute approximate surface area is 94.8 Å². The second-order valence-electron chi connectivity index (χ2n) is 3.93. The minimum absolute atomic E-state index is 0.0955. The first-order valence-corrected chi connectivity index (χ1v) is 7.90. The van der Waals surface area contributed by atoms with Gasteiger partial charge in [0.1, 0.15) is 0 Å². The van der Waals surface area contributed by atoms with E-state index in [1.54, 1.807) is 0 Å². The van der Waals surface area contributed by atoms with Gasteiger partial charge in [-0.1, -0.05) is 22.9 Å². The fourth-order valence-electron chi connectivity index (χ4n) is 1.37. The third kappa shape index (κ3) is 4.75. The molecule has 1 saturated carbocycles. The van der Waals surface area contributed by atoms with Gasteiger partial charge in [0.15, 0.2) is 0 Å². The Hall–Kier alpha value is 0.390. The van der Waals surface area contributed by atoms with Gasteiger partial charge in [-0.25, -0.2) is 13.1 Å². The summed E-state index contributed by atoms with van der Waals surface area (Å²) >= 11 is 3.33. The van der Waals surface area contributed by atoms with Crippen molar-refractivity contribution in [3.8, 4) is 0 Å². The predicted octanol–water partition coefficient (Wildman–Crippen LogP) is 1.88. The van der Waals surface area contributed by atoms with E-state index in [0.29, 0.717) is 11.7 Å². The highest BCUT2D eigenvalue weighted by molar-refractivity contribution is 9.09. The highest BCUT2D eigenvalue weighted by Gasteiger charge is 2.28. The Balaban J connectivity index is 2.38. The predicted molar refractivity (Wildman–Crippen MR) is 62.1 cm³/mol. The van der Waals surface area contributed by atoms with Crippen molar-refractivity contribution in [2.45, 2.75) is 38.6 Å². The minimum Gasteiger partial charge on any atom is -0.212 e. The van der Waals surface area contributed by atoms with E-state index < -0.39 is 10.0 Å². The number of hydrogen-bond donors (Lipinski definition) is 1. The first kappa shape index (κ1) is 12.5. The molecule has 0 aliphatic heterocycles. The molecule has 0 heterocycles. The average Bonchev–Trinajstić information content (AvgIpc) is 2.86. The van der Waals surface area contributed by atoms with Gasteiger partial charge in [-0.05, 0) is 31.6 Å². The summed E-state index contributed by atoms with van der Waals surface area (Å²) in [5, 5.41) is 0.845. The molecular weight excluding hydrogens is 266 g/mol. The van der Waals surface area contributed by atoms with Crippen LogP contribution in [0, 0.1) is 5.92 Å². The van der Waals surface area contributed by atoms with E-state index in [2.05, 4.69) is 20.7 Å². The van der Waals surface area contributed by atoms with Crippen LogP contribution in [0.4, 0.5) is 0 Å². The summed E-state index contributed by atoms with van der Waals surface area (Å²) < 4.78 is 26.0. The Morgan fingerprint density at radius 3 is 2.57 bits per heavy atom. The van der Waals surface area contributed by atoms with Gasteiger partial charge in [-0.15, -0.1) is 0 Å². The van der Waals surface area contributed by atoms with Crippen molar-refractivity contribution in [2.75, 3.05) is 11.1 Å². The van der Waals surface area contributed by atoms with Gasteiger partial charge >= 0.3 is 0 Å². The first-order chi connectivity index (χ1) is 6.57. The van der Waals surface area contributed by atoms with Crippen LogP contribution in [0.1, 0.15) is 32.6 Å². The van der Waals surface area contributed by atoms with E-state index in [0.717, 1.165) is 31.0 Å². The number of nitrogens with one attached hydrogen (secondary N) is 1. The van der Waals surface area contributed by atoms with E-state index in [9.17, 15) is 8.42 Å². The molecule has 1 unspecified atom stereocenters. The lowest BCUT2D eigenvalue weighted by Gasteiger charge is -2.15. The second-order valence-corrected chi connectivity index (χ2v) is 6.52. The lowest BCUT2D eigenvalue weighted by molar-refractivity contribution is 0.530. The van der Waals surface area contributed by atoms with E-state index in [4.69, 9.17) is 0 Å². The quantitative estimate of drug-likeness (QED) is 0.726. The molecule has 0 aromatic carbocycles. The van der Waals surface area contributed by atoms with Gasteiger partial charge in [0.05, 0.1) is 5.75 Å². The second kappa shape index (κ2) is 5.47. The standard InChI is InChI=1S/C9H18BrNO2S/c1-2-9(5-6-10)11-14(12,13)7-8-3-4-8/h8-9,11H,2-7H2,1H3. The van der Waals surface area contributed by atoms with E-state index in [-0.39, 0.29) is 6.04 Å². The van der Waals surface area contributed by atoms with Crippen molar-refractivity contribution in [3.63, 3.8) is 0 Å². The maximum absolute atomic E-state index is 11.6. The van der Waals surface area contributed by atoms with Gasteiger partial charge < -0.3 is 0 Å². The number of hydrogen-bond acceptors (Lipinski definition) is 2. The van der Waals surface area contributed by atoms with E-state index in [1.165, 1.54) is 0 Å². The zero-order chi connectivity index (χ0) is 10.6. The van der Waals surface area contributed by atoms with Crippen molar-refractivity contribution in [3.05, 3.63) is 0 Å². The molecule has 0 aromatic heterocycles. The summed E-state index contributed by atoms with van der Waals surface area (Å²) in [6, 6.07) is 0.0955. The van der Waals surface area contributed by atoms with Gasteiger partial charge in [-0.2, -0.15) is 0 Å². The lowest BCUT2D eigenvalue weighted by Crippen LogP contribution is -2.36. The minimum atomic E-state index is -3.02. The Kier molecular flexibility index (Phi) is 4.87. The van der Waals surface area contributed by atoms with Crippen LogP contribution in [-0.4, -0.2) is 25.5 Å². The maximum atomic E-state index is 11.6. The molecule has 0 radical (unpaired) electrons. The first-order valence-electron chi connectivity index (χ1n) is 5.13. The van der Waals surface area contributed by atoms with Crippen molar-refractivity contribution < 1.29 is 8.42 Å². The van der Waals surface area contributed by atoms with Crippen LogP contribution >= 0.6 is 15.9 Å². The summed E-state index contributed by atoms with van der Waals surface area (Å²) in [4.78, 5) is 0. The molecular formula is C9H18BrNO2S. The van der Waals surface area contributed by atoms with E-state index >= 15 is 0 Å². The number of halogens is 1. The van der Waals surface area contributed by atoms with Crippen LogP contribution in [-0.2, 0) is 10.0 Å². The smallest absolute Gasteiger partial charge is 0.212 e. The van der Waals surface area contributed by atoms with Crippen molar-refractivity contribution >= 4 is 26.0 Å². The molecule has 1 atom stereocenters. The van der Waals surface area contributed by atoms with Crippen LogP contribution in [0.2, 0.25) is 0 Å². The number of rotatable bonds is 7. The van der Waals surface area contributed by atoms with Crippen LogP contribution in [0.25, 0.3) is 0 Å². The van der Waals surface area contributed by atoms with Gasteiger partial charge in [0, 0.05) is 11.4 Å². The van der Waals surface area contributed by atoms with Crippen molar-refractivity contribution in [1.29, 1.82) is 0 Å². The van der Waals surface area contributed by atoms with Crippen LogP contribution in [0.5, 0.6) is 0 Å². The molecule has 3 nitrogen and oxygen atoms in total. The third-order valence-corrected chi connectivity index (χ3v) is 4.51. The highest BCUT2D eigenvalue weighted by atomic mass is 79.9. The molecule has 0 amide bonds. The van der Waals surface area contributed by atoms with Crippen molar-refractivity contribution in [1.82, 2.24) is 4.72 Å². The molecule has 1 aliphatic rings. The fraction of sp³-hybridized carbons (Fsp3) is 1.00. The fourth-order valence-corrected chi connectivity index (χ4v) is 3.77. The van der Waals surface area contributed by atoms with Crippen LogP contribution < -0.4 is 4.72 Å². The highest BCUT2D eigenvalue weighted by Crippen LogP contribution is 2.30. The number of sulfonamides is 1. The van der Waals surface area contributed by atoms with Gasteiger partial charge in [-0.3, -0.25) is 0 Å². The largest absolute Gasteiger partial charge is 0.212 e. The third-order valence-electron chi connectivity index (χ3n) is 2.45. The summed E-state index contributed by atoms with van der Waals surface area (Å²) in [6.45, 7) is 2.01. The van der Waals surface area contributed by atoms with Crippen molar-refractivity contribution in [2.24, 2.45) is 5.92 Å². The molecule has 1 rings (SSSR count). The molecule has 5 heteroatoms.